The molecular weight excluding hydrogens is 454 g/mol. The Morgan fingerprint density at radius 3 is 2.59 bits per heavy atom. The number of amides is 2. The molecule has 0 unspecified atom stereocenters. The molecule has 3 aromatic rings. The smallest absolute Gasteiger partial charge is 0.286 e. The number of carbonyl (C=O) groups is 2. The Bertz CT molecular complexity index is 1220. The summed E-state index contributed by atoms with van der Waals surface area (Å²) in [7, 11) is 1.55. The molecular formula is C25H28ClN5O3. The maximum absolute atomic E-state index is 13.3. The van der Waals surface area contributed by atoms with Crippen molar-refractivity contribution < 1.29 is 14.3 Å². The van der Waals surface area contributed by atoms with E-state index in [1.807, 2.05) is 36.2 Å². The largest absolute Gasteiger partial charge is 0.494 e. The van der Waals surface area contributed by atoms with Crippen LogP contribution in [0.3, 0.4) is 0 Å². The average molecular weight is 482 g/mol. The SMILES string of the molecule is COc1cc(Cl)ccc1-n1nc(C(=O)NN2CCCCC2)c(C)c1-c1ccccc1CC(N)=O. The fraction of sp³-hybridized carbons (Fsp3) is 0.320. The van der Waals surface area contributed by atoms with E-state index in [4.69, 9.17) is 27.2 Å². The van der Waals surface area contributed by atoms with Crippen molar-refractivity contribution in [1.29, 1.82) is 0 Å². The molecule has 1 aliphatic heterocycles. The third kappa shape index (κ3) is 4.93. The van der Waals surface area contributed by atoms with Crippen molar-refractivity contribution >= 4 is 23.4 Å². The first-order valence-electron chi connectivity index (χ1n) is 11.2. The van der Waals surface area contributed by atoms with Crippen LogP contribution in [0.2, 0.25) is 5.02 Å². The molecule has 0 saturated carbocycles. The number of nitrogens with two attached hydrogens (primary N) is 1. The first-order chi connectivity index (χ1) is 16.4. The van der Waals surface area contributed by atoms with Gasteiger partial charge in [-0.3, -0.25) is 15.0 Å². The number of nitrogens with zero attached hydrogens (tertiary/aromatic N) is 3. The van der Waals surface area contributed by atoms with E-state index in [1.54, 1.807) is 30.0 Å². The zero-order chi connectivity index (χ0) is 24.2. The fourth-order valence-corrected chi connectivity index (χ4v) is 4.49. The highest BCUT2D eigenvalue weighted by atomic mass is 35.5. The standard InChI is InChI=1S/C25H28ClN5O3/c1-16-23(25(33)29-30-12-6-3-7-13-30)28-31(20-11-10-18(26)15-21(20)34-2)24(16)19-9-5-4-8-17(19)14-22(27)32/h4-5,8-11,15H,3,6-7,12-14H2,1-2H3,(H2,27,32)(H,29,33). The minimum Gasteiger partial charge on any atom is -0.494 e. The van der Waals surface area contributed by atoms with Crippen molar-refractivity contribution in [1.82, 2.24) is 20.2 Å². The van der Waals surface area contributed by atoms with Crippen LogP contribution in [0, 0.1) is 6.92 Å². The van der Waals surface area contributed by atoms with Crippen molar-refractivity contribution in [2.24, 2.45) is 5.73 Å². The second-order valence-electron chi connectivity index (χ2n) is 8.34. The molecule has 0 aliphatic carbocycles. The Kier molecular flexibility index (Phi) is 7.19. The van der Waals surface area contributed by atoms with Gasteiger partial charge >= 0.3 is 0 Å². The first-order valence-corrected chi connectivity index (χ1v) is 11.6. The molecule has 178 valence electrons. The van der Waals surface area contributed by atoms with E-state index in [0.717, 1.165) is 43.5 Å². The van der Waals surface area contributed by atoms with Crippen molar-refractivity contribution in [3.05, 3.63) is 64.3 Å². The molecule has 2 amide bonds. The van der Waals surface area contributed by atoms with Gasteiger partial charge in [0.2, 0.25) is 5.91 Å². The summed E-state index contributed by atoms with van der Waals surface area (Å²) in [6, 6.07) is 12.7. The van der Waals surface area contributed by atoms with Crippen LogP contribution in [0.4, 0.5) is 0 Å². The van der Waals surface area contributed by atoms with Crippen molar-refractivity contribution in [3.8, 4) is 22.7 Å². The summed E-state index contributed by atoms with van der Waals surface area (Å²) in [6.45, 7) is 3.48. The van der Waals surface area contributed by atoms with Crippen molar-refractivity contribution in [2.45, 2.75) is 32.6 Å². The second kappa shape index (κ2) is 10.3. The maximum Gasteiger partial charge on any atom is 0.286 e. The summed E-state index contributed by atoms with van der Waals surface area (Å²) in [5.74, 6) is -0.213. The van der Waals surface area contributed by atoms with Gasteiger partial charge in [-0.05, 0) is 37.5 Å². The first kappa shape index (κ1) is 23.8. The number of methoxy groups -OCH3 is 1. The number of primary amides is 1. The van der Waals surface area contributed by atoms with Crippen LogP contribution in [0.5, 0.6) is 5.75 Å². The van der Waals surface area contributed by atoms with Gasteiger partial charge in [0.05, 0.1) is 19.2 Å². The second-order valence-corrected chi connectivity index (χ2v) is 8.78. The van der Waals surface area contributed by atoms with E-state index in [1.165, 1.54) is 0 Å². The Morgan fingerprint density at radius 1 is 1.15 bits per heavy atom. The third-order valence-corrected chi connectivity index (χ3v) is 6.20. The van der Waals surface area contributed by atoms with E-state index < -0.39 is 5.91 Å². The van der Waals surface area contributed by atoms with E-state index >= 15 is 0 Å². The van der Waals surface area contributed by atoms with Gasteiger partial charge in [0.15, 0.2) is 5.69 Å². The van der Waals surface area contributed by atoms with E-state index in [2.05, 4.69) is 5.43 Å². The number of rotatable bonds is 7. The van der Waals surface area contributed by atoms with Gasteiger partial charge in [0, 0.05) is 35.3 Å². The van der Waals surface area contributed by atoms with Gasteiger partial charge in [-0.25, -0.2) is 9.69 Å². The predicted octanol–water partition coefficient (Wildman–Crippen LogP) is 3.67. The number of hydrazine groups is 1. The molecule has 0 atom stereocenters. The van der Waals surface area contributed by atoms with Gasteiger partial charge in [-0.1, -0.05) is 42.3 Å². The Labute approximate surface area is 203 Å². The summed E-state index contributed by atoms with van der Waals surface area (Å²) in [5, 5.41) is 7.17. The predicted molar refractivity (Wildman–Crippen MR) is 131 cm³/mol. The molecule has 0 radical (unpaired) electrons. The molecule has 34 heavy (non-hydrogen) atoms. The van der Waals surface area contributed by atoms with Crippen LogP contribution < -0.4 is 15.9 Å². The van der Waals surface area contributed by atoms with Gasteiger partial charge < -0.3 is 10.5 Å². The molecule has 3 N–H and O–H groups in total. The van der Waals surface area contributed by atoms with Gasteiger partial charge in [-0.2, -0.15) is 5.10 Å². The van der Waals surface area contributed by atoms with Gasteiger partial charge in [0.1, 0.15) is 11.4 Å². The number of hydrogen-bond donors (Lipinski definition) is 2. The summed E-state index contributed by atoms with van der Waals surface area (Å²) in [4.78, 5) is 25.0. The van der Waals surface area contributed by atoms with Crippen LogP contribution in [-0.2, 0) is 11.2 Å². The molecule has 1 aliphatic rings. The molecule has 9 heteroatoms. The van der Waals surface area contributed by atoms with Crippen LogP contribution in [-0.4, -0.2) is 46.8 Å². The molecule has 0 bridgehead atoms. The number of hydrogen-bond acceptors (Lipinski definition) is 5. The fourth-order valence-electron chi connectivity index (χ4n) is 4.32. The molecule has 0 spiro atoms. The van der Waals surface area contributed by atoms with Crippen LogP contribution in [0.15, 0.2) is 42.5 Å². The molecule has 4 rings (SSSR count). The minimum absolute atomic E-state index is 0.0633. The highest BCUT2D eigenvalue weighted by molar-refractivity contribution is 6.30. The monoisotopic (exact) mass is 481 g/mol. The van der Waals surface area contributed by atoms with Crippen molar-refractivity contribution in [2.75, 3.05) is 20.2 Å². The highest BCUT2D eigenvalue weighted by Crippen LogP contribution is 2.35. The van der Waals surface area contributed by atoms with Crippen molar-refractivity contribution in [3.63, 3.8) is 0 Å². The van der Waals surface area contributed by atoms with E-state index in [0.29, 0.717) is 33.4 Å². The number of nitrogens with one attached hydrogen (secondary N) is 1. The molecule has 2 aromatic carbocycles. The van der Waals surface area contributed by atoms with Crippen LogP contribution in [0.25, 0.3) is 16.9 Å². The van der Waals surface area contributed by atoms with Gasteiger partial charge in [-0.15, -0.1) is 0 Å². The summed E-state index contributed by atoms with van der Waals surface area (Å²) in [6.07, 6.45) is 3.31. The molecule has 1 saturated heterocycles. The average Bonchev–Trinajstić information content (AvgIpc) is 3.16. The lowest BCUT2D eigenvalue weighted by molar-refractivity contribution is -0.117. The third-order valence-electron chi connectivity index (χ3n) is 5.96. The Hall–Kier alpha value is -3.36. The molecule has 8 nitrogen and oxygen atoms in total. The van der Waals surface area contributed by atoms with E-state index in [9.17, 15) is 9.59 Å². The lowest BCUT2D eigenvalue weighted by Gasteiger charge is -2.26. The van der Waals surface area contributed by atoms with Crippen LogP contribution >= 0.6 is 11.6 Å². The number of carbonyl (C=O) groups excluding carboxylic acids is 2. The quantitative estimate of drug-likeness (QED) is 0.536. The summed E-state index contributed by atoms with van der Waals surface area (Å²) in [5.41, 5.74) is 12.3. The summed E-state index contributed by atoms with van der Waals surface area (Å²) < 4.78 is 7.25. The molecule has 1 aromatic heterocycles. The molecule has 2 heterocycles. The van der Waals surface area contributed by atoms with Gasteiger partial charge in [0.25, 0.3) is 5.91 Å². The number of halogens is 1. The number of ether oxygens (including phenoxy) is 1. The topological polar surface area (TPSA) is 102 Å². The minimum atomic E-state index is -0.441. The lowest BCUT2D eigenvalue weighted by Crippen LogP contribution is -2.45. The zero-order valence-electron chi connectivity index (χ0n) is 19.3. The number of piperidine rings is 1. The molecule has 1 fully saturated rings. The van der Waals surface area contributed by atoms with Crippen LogP contribution in [0.1, 0.15) is 40.9 Å². The zero-order valence-corrected chi connectivity index (χ0v) is 20.1. The summed E-state index contributed by atoms with van der Waals surface area (Å²) >= 11 is 6.19. The lowest BCUT2D eigenvalue weighted by atomic mass is 9.98. The maximum atomic E-state index is 13.3. The number of aromatic nitrogens is 2. The highest BCUT2D eigenvalue weighted by Gasteiger charge is 2.26. The Morgan fingerprint density at radius 2 is 1.88 bits per heavy atom. The number of benzene rings is 2. The normalized spacial score (nSPS) is 14.1. The van der Waals surface area contributed by atoms with E-state index in [-0.39, 0.29) is 12.3 Å². The Balaban J connectivity index is 1.88.